The van der Waals surface area contributed by atoms with Gasteiger partial charge < -0.3 is 10.7 Å². The number of nitrogens with one attached hydrogen (secondary N) is 1. The molecule has 3 N–H and O–H groups in total. The zero-order valence-corrected chi connectivity index (χ0v) is 7.81. The maximum absolute atomic E-state index is 10.9. The van der Waals surface area contributed by atoms with Gasteiger partial charge in [-0.3, -0.25) is 4.79 Å². The highest BCUT2D eigenvalue weighted by molar-refractivity contribution is 5.80. The van der Waals surface area contributed by atoms with Crippen LogP contribution < -0.4 is 16.2 Å². The number of benzene rings is 1. The van der Waals surface area contributed by atoms with E-state index in [2.05, 4.69) is 5.43 Å². The molecule has 1 unspecified atom stereocenters. The lowest BCUT2D eigenvalue weighted by Crippen LogP contribution is -2.42. The molecule has 1 aromatic carbocycles. The van der Waals surface area contributed by atoms with Crippen LogP contribution >= 0.6 is 0 Å². The van der Waals surface area contributed by atoms with Gasteiger partial charge in [-0.15, -0.1) is 0 Å². The minimum Gasteiger partial charge on any atom is -0.368 e. The Bertz CT molecular complexity index is 325. The van der Waals surface area contributed by atoms with Crippen molar-refractivity contribution in [3.8, 4) is 0 Å². The Hall–Kier alpha value is -1.55. The molecule has 1 saturated heterocycles. The molecule has 1 aromatic rings. The third-order valence-corrected chi connectivity index (χ3v) is 2.36. The van der Waals surface area contributed by atoms with Gasteiger partial charge in [0, 0.05) is 6.54 Å². The van der Waals surface area contributed by atoms with E-state index in [1.165, 1.54) is 0 Å². The first-order chi connectivity index (χ1) is 6.77. The highest BCUT2D eigenvalue weighted by atomic mass is 16.1. The quantitative estimate of drug-likeness (QED) is 0.704. The summed E-state index contributed by atoms with van der Waals surface area (Å²) in [7, 11) is 0. The van der Waals surface area contributed by atoms with Crippen molar-refractivity contribution >= 4 is 11.6 Å². The average molecular weight is 191 g/mol. The van der Waals surface area contributed by atoms with Crippen LogP contribution in [0, 0.1) is 0 Å². The number of carbonyl (C=O) groups is 1. The Labute approximate surface area is 82.7 Å². The minimum absolute atomic E-state index is 0.227. The van der Waals surface area contributed by atoms with Gasteiger partial charge in [0.25, 0.3) is 0 Å². The van der Waals surface area contributed by atoms with Crippen molar-refractivity contribution in [1.82, 2.24) is 5.43 Å². The SMILES string of the molecule is NC(=O)C1CCN(c2ccccc2)N1. The van der Waals surface area contributed by atoms with E-state index >= 15 is 0 Å². The van der Waals surface area contributed by atoms with Crippen LogP contribution in [0.5, 0.6) is 0 Å². The van der Waals surface area contributed by atoms with Crippen molar-refractivity contribution in [2.24, 2.45) is 5.73 Å². The average Bonchev–Trinajstić information content (AvgIpc) is 2.68. The number of amides is 1. The predicted molar refractivity (Wildman–Crippen MR) is 54.5 cm³/mol. The third-order valence-electron chi connectivity index (χ3n) is 2.36. The molecule has 1 atom stereocenters. The molecule has 1 amide bonds. The number of carbonyl (C=O) groups excluding carboxylic acids is 1. The van der Waals surface area contributed by atoms with Gasteiger partial charge in [-0.1, -0.05) is 18.2 Å². The molecule has 0 bridgehead atoms. The highest BCUT2D eigenvalue weighted by Crippen LogP contribution is 2.16. The number of primary amides is 1. The first kappa shape index (κ1) is 9.02. The number of anilines is 1. The summed E-state index contributed by atoms with van der Waals surface area (Å²) in [6, 6.07) is 9.66. The Morgan fingerprint density at radius 3 is 2.71 bits per heavy atom. The fraction of sp³-hybridized carbons (Fsp3) is 0.300. The smallest absolute Gasteiger partial charge is 0.236 e. The Morgan fingerprint density at radius 1 is 1.43 bits per heavy atom. The second-order valence-corrected chi connectivity index (χ2v) is 3.36. The molecule has 2 rings (SSSR count). The van der Waals surface area contributed by atoms with E-state index in [9.17, 15) is 4.79 Å². The fourth-order valence-electron chi connectivity index (χ4n) is 1.59. The van der Waals surface area contributed by atoms with Crippen LogP contribution in [0.25, 0.3) is 0 Å². The molecule has 0 spiro atoms. The van der Waals surface area contributed by atoms with E-state index in [1.807, 2.05) is 35.3 Å². The normalized spacial score (nSPS) is 21.1. The van der Waals surface area contributed by atoms with Crippen LogP contribution in [0.4, 0.5) is 5.69 Å². The molecule has 4 heteroatoms. The molecule has 0 aliphatic carbocycles. The molecule has 74 valence electrons. The van der Waals surface area contributed by atoms with Gasteiger partial charge >= 0.3 is 0 Å². The summed E-state index contributed by atoms with van der Waals surface area (Å²) in [5.41, 5.74) is 9.34. The molecule has 0 saturated carbocycles. The topological polar surface area (TPSA) is 58.4 Å². The lowest BCUT2D eigenvalue weighted by molar-refractivity contribution is -0.119. The Morgan fingerprint density at radius 2 is 2.14 bits per heavy atom. The fourth-order valence-corrected chi connectivity index (χ4v) is 1.59. The minimum atomic E-state index is -0.288. The number of hydrogen-bond donors (Lipinski definition) is 2. The van der Waals surface area contributed by atoms with E-state index in [0.717, 1.165) is 18.7 Å². The van der Waals surface area contributed by atoms with Crippen molar-refractivity contribution in [3.05, 3.63) is 30.3 Å². The summed E-state index contributed by atoms with van der Waals surface area (Å²) < 4.78 is 0. The summed E-state index contributed by atoms with van der Waals surface area (Å²) in [4.78, 5) is 10.9. The molecule has 14 heavy (non-hydrogen) atoms. The molecule has 1 aliphatic rings. The summed E-state index contributed by atoms with van der Waals surface area (Å²) >= 11 is 0. The van der Waals surface area contributed by atoms with Crippen molar-refractivity contribution in [3.63, 3.8) is 0 Å². The maximum atomic E-state index is 10.9. The molecule has 1 heterocycles. The van der Waals surface area contributed by atoms with Crippen LogP contribution in [0.1, 0.15) is 6.42 Å². The van der Waals surface area contributed by atoms with Gasteiger partial charge in [0.15, 0.2) is 0 Å². The lowest BCUT2D eigenvalue weighted by Gasteiger charge is -2.18. The van der Waals surface area contributed by atoms with Crippen LogP contribution in [-0.4, -0.2) is 18.5 Å². The largest absolute Gasteiger partial charge is 0.368 e. The van der Waals surface area contributed by atoms with Gasteiger partial charge in [-0.25, -0.2) is 5.43 Å². The highest BCUT2D eigenvalue weighted by Gasteiger charge is 2.25. The number of nitrogens with two attached hydrogens (primary N) is 1. The van der Waals surface area contributed by atoms with E-state index in [0.29, 0.717) is 0 Å². The molecule has 4 nitrogen and oxygen atoms in total. The standard InChI is InChI=1S/C10H13N3O/c11-10(14)9-6-7-13(12-9)8-4-2-1-3-5-8/h1-5,9,12H,6-7H2,(H2,11,14). The number of nitrogens with zero attached hydrogens (tertiary/aromatic N) is 1. The van der Waals surface area contributed by atoms with E-state index in [4.69, 9.17) is 5.73 Å². The van der Waals surface area contributed by atoms with E-state index in [1.54, 1.807) is 0 Å². The number of rotatable bonds is 2. The second kappa shape index (κ2) is 3.67. The van der Waals surface area contributed by atoms with Gasteiger partial charge in [0.05, 0.1) is 5.69 Å². The molecular formula is C10H13N3O. The maximum Gasteiger partial charge on any atom is 0.236 e. The predicted octanol–water partition coefficient (Wildman–Crippen LogP) is 0.255. The van der Waals surface area contributed by atoms with Crippen LogP contribution in [0.3, 0.4) is 0 Å². The third kappa shape index (κ3) is 1.70. The van der Waals surface area contributed by atoms with Crippen LogP contribution in [-0.2, 0) is 4.79 Å². The van der Waals surface area contributed by atoms with E-state index < -0.39 is 0 Å². The second-order valence-electron chi connectivity index (χ2n) is 3.36. The summed E-state index contributed by atoms with van der Waals surface area (Å²) in [6.07, 6.45) is 0.768. The van der Waals surface area contributed by atoms with Gasteiger partial charge in [0.1, 0.15) is 6.04 Å². The zero-order valence-electron chi connectivity index (χ0n) is 7.81. The van der Waals surface area contributed by atoms with Crippen molar-refractivity contribution in [1.29, 1.82) is 0 Å². The Balaban J connectivity index is 2.06. The van der Waals surface area contributed by atoms with Crippen molar-refractivity contribution < 1.29 is 4.79 Å². The Kier molecular flexibility index (Phi) is 2.37. The van der Waals surface area contributed by atoms with Gasteiger partial charge in [-0.05, 0) is 18.6 Å². The first-order valence-electron chi connectivity index (χ1n) is 4.65. The molecule has 0 aromatic heterocycles. The molecule has 0 radical (unpaired) electrons. The zero-order chi connectivity index (χ0) is 9.97. The summed E-state index contributed by atoms with van der Waals surface area (Å²) in [5.74, 6) is -0.288. The molecule has 1 fully saturated rings. The molecular weight excluding hydrogens is 178 g/mol. The van der Waals surface area contributed by atoms with Gasteiger partial charge in [0.2, 0.25) is 5.91 Å². The molecule has 1 aliphatic heterocycles. The summed E-state index contributed by atoms with van der Waals surface area (Å²) in [5, 5.41) is 1.95. The van der Waals surface area contributed by atoms with Crippen molar-refractivity contribution in [2.45, 2.75) is 12.5 Å². The summed E-state index contributed by atoms with van der Waals surface area (Å²) in [6.45, 7) is 0.817. The number of hydrogen-bond acceptors (Lipinski definition) is 3. The number of para-hydroxylation sites is 1. The monoisotopic (exact) mass is 191 g/mol. The number of hydrazine groups is 1. The first-order valence-corrected chi connectivity index (χ1v) is 4.65. The van der Waals surface area contributed by atoms with Gasteiger partial charge in [-0.2, -0.15) is 0 Å². The lowest BCUT2D eigenvalue weighted by atomic mass is 10.2. The van der Waals surface area contributed by atoms with E-state index in [-0.39, 0.29) is 11.9 Å². The van der Waals surface area contributed by atoms with Crippen LogP contribution in [0.15, 0.2) is 30.3 Å². The van der Waals surface area contributed by atoms with Crippen LogP contribution in [0.2, 0.25) is 0 Å². The van der Waals surface area contributed by atoms with Crippen molar-refractivity contribution in [2.75, 3.05) is 11.6 Å².